The third-order valence-corrected chi connectivity index (χ3v) is 4.63. The summed E-state index contributed by atoms with van der Waals surface area (Å²) in [5, 5.41) is 2.72. The van der Waals surface area contributed by atoms with Crippen molar-refractivity contribution in [3.05, 3.63) is 58.1 Å². The van der Waals surface area contributed by atoms with E-state index in [0.29, 0.717) is 22.7 Å². The Kier molecular flexibility index (Phi) is 6.65. The number of halogens is 1. The van der Waals surface area contributed by atoms with Crippen LogP contribution < -0.4 is 14.8 Å². The van der Waals surface area contributed by atoms with E-state index in [9.17, 15) is 14.4 Å². The minimum atomic E-state index is -1.31. The zero-order valence-corrected chi connectivity index (χ0v) is 18.6. The van der Waals surface area contributed by atoms with E-state index >= 15 is 0 Å². The van der Waals surface area contributed by atoms with Gasteiger partial charge in [0.25, 0.3) is 11.7 Å². The van der Waals surface area contributed by atoms with Crippen LogP contribution in [0.4, 0.5) is 5.69 Å². The highest BCUT2D eigenvalue weighted by molar-refractivity contribution is 9.10. The van der Waals surface area contributed by atoms with E-state index in [-0.39, 0.29) is 18.1 Å². The summed E-state index contributed by atoms with van der Waals surface area (Å²) in [5.74, 6) is -2.55. The van der Waals surface area contributed by atoms with Crippen LogP contribution in [0, 0.1) is 0 Å². The van der Waals surface area contributed by atoms with Gasteiger partial charge < -0.3 is 24.3 Å². The van der Waals surface area contributed by atoms with E-state index < -0.39 is 17.7 Å². The van der Waals surface area contributed by atoms with Crippen molar-refractivity contribution in [1.82, 2.24) is 0 Å². The Labute approximate surface area is 187 Å². The molecule has 1 N–H and O–H groups in total. The number of methoxy groups -OCH3 is 1. The summed E-state index contributed by atoms with van der Waals surface area (Å²) >= 11 is 3.33. The Balaban J connectivity index is 1.68. The first-order chi connectivity index (χ1) is 14.7. The molecule has 9 heteroatoms. The Bertz CT molecular complexity index is 1020. The number of carbonyl (C=O) groups is 3. The van der Waals surface area contributed by atoms with E-state index in [0.717, 1.165) is 4.47 Å². The zero-order valence-electron chi connectivity index (χ0n) is 17.1. The average Bonchev–Trinajstić information content (AvgIpc) is 2.70. The van der Waals surface area contributed by atoms with Crippen LogP contribution in [0.5, 0.6) is 11.5 Å². The van der Waals surface area contributed by atoms with Crippen molar-refractivity contribution in [3.8, 4) is 11.5 Å². The first-order valence-electron chi connectivity index (χ1n) is 9.21. The number of amides is 1. The number of ether oxygens (including phenoxy) is 4. The monoisotopic (exact) mass is 489 g/mol. The number of hydrogen-bond acceptors (Lipinski definition) is 7. The first kappa shape index (κ1) is 22.4. The molecule has 0 radical (unpaired) electrons. The fourth-order valence-corrected chi connectivity index (χ4v) is 2.98. The maximum atomic E-state index is 12.1. The predicted molar refractivity (Wildman–Crippen MR) is 116 cm³/mol. The number of carbonyl (C=O) groups excluding carboxylic acids is 3. The lowest BCUT2D eigenvalue weighted by Crippen LogP contribution is -2.41. The van der Waals surface area contributed by atoms with Crippen molar-refractivity contribution < 1.29 is 33.3 Å². The molecule has 0 atom stereocenters. The lowest BCUT2D eigenvalue weighted by Gasteiger charge is -2.29. The summed E-state index contributed by atoms with van der Waals surface area (Å²) in [6.45, 7) is 2.71. The number of hydrogen-bond donors (Lipinski definition) is 1. The van der Waals surface area contributed by atoms with Gasteiger partial charge in [0.05, 0.1) is 7.11 Å². The molecule has 1 saturated heterocycles. The van der Waals surface area contributed by atoms with Gasteiger partial charge in [-0.1, -0.05) is 22.0 Å². The third-order valence-electron chi connectivity index (χ3n) is 4.10. The van der Waals surface area contributed by atoms with Crippen LogP contribution in [0.2, 0.25) is 0 Å². The number of esters is 2. The van der Waals surface area contributed by atoms with E-state index in [1.165, 1.54) is 27.0 Å². The normalized spacial score (nSPS) is 14.9. The molecule has 0 bridgehead atoms. The van der Waals surface area contributed by atoms with E-state index in [1.54, 1.807) is 30.3 Å². The van der Waals surface area contributed by atoms with Gasteiger partial charge in [0.2, 0.25) is 0 Å². The van der Waals surface area contributed by atoms with Gasteiger partial charge in [-0.3, -0.25) is 4.79 Å². The van der Waals surface area contributed by atoms with Gasteiger partial charge in [-0.05, 0) is 48.0 Å². The van der Waals surface area contributed by atoms with Crippen molar-refractivity contribution in [2.24, 2.45) is 0 Å². The van der Waals surface area contributed by atoms with Crippen LogP contribution in [0.1, 0.15) is 19.4 Å². The Hall–Kier alpha value is -3.33. The molecular weight excluding hydrogens is 470 g/mol. The van der Waals surface area contributed by atoms with E-state index in [1.807, 2.05) is 12.1 Å². The molecular formula is C22H20BrNO7. The summed E-state index contributed by atoms with van der Waals surface area (Å²) in [7, 11) is 1.44. The van der Waals surface area contributed by atoms with Crippen molar-refractivity contribution >= 4 is 45.5 Å². The van der Waals surface area contributed by atoms with E-state index in [2.05, 4.69) is 21.2 Å². The highest BCUT2D eigenvalue weighted by Crippen LogP contribution is 2.30. The van der Waals surface area contributed by atoms with Crippen molar-refractivity contribution in [2.45, 2.75) is 19.6 Å². The molecule has 3 rings (SSSR count). The van der Waals surface area contributed by atoms with Crippen molar-refractivity contribution in [2.75, 3.05) is 19.0 Å². The van der Waals surface area contributed by atoms with Crippen LogP contribution in [-0.2, 0) is 23.9 Å². The van der Waals surface area contributed by atoms with Gasteiger partial charge in [0, 0.05) is 24.0 Å². The lowest BCUT2D eigenvalue weighted by molar-refractivity contribution is -0.222. The molecule has 0 unspecified atom stereocenters. The Morgan fingerprint density at radius 2 is 1.71 bits per heavy atom. The van der Waals surface area contributed by atoms with Crippen molar-refractivity contribution in [3.63, 3.8) is 0 Å². The number of anilines is 1. The third kappa shape index (κ3) is 5.85. The molecule has 0 spiro atoms. The van der Waals surface area contributed by atoms with Crippen LogP contribution >= 0.6 is 15.9 Å². The molecule has 2 aromatic carbocycles. The molecule has 1 heterocycles. The second kappa shape index (κ2) is 9.22. The maximum Gasteiger partial charge on any atom is 0.348 e. The molecule has 0 aliphatic carbocycles. The highest BCUT2D eigenvalue weighted by Gasteiger charge is 2.38. The predicted octanol–water partition coefficient (Wildman–Crippen LogP) is 3.69. The van der Waals surface area contributed by atoms with Gasteiger partial charge in [-0.2, -0.15) is 0 Å². The number of benzene rings is 2. The van der Waals surface area contributed by atoms with Crippen LogP contribution in [0.15, 0.2) is 52.5 Å². The summed E-state index contributed by atoms with van der Waals surface area (Å²) in [5.41, 5.74) is 0.899. The van der Waals surface area contributed by atoms with Crippen LogP contribution in [0.3, 0.4) is 0 Å². The standard InChI is InChI=1S/C22H20BrNO7/c1-22(2)30-20(26)16(21(27)31-22)10-13-4-9-17(18(11-13)28-3)29-12-19(25)24-15-7-5-14(23)6-8-15/h4-11H,12H2,1-3H3,(H,24,25). The fourth-order valence-electron chi connectivity index (χ4n) is 2.71. The molecule has 8 nitrogen and oxygen atoms in total. The molecule has 162 valence electrons. The summed E-state index contributed by atoms with van der Waals surface area (Å²) in [4.78, 5) is 36.3. The van der Waals surface area contributed by atoms with E-state index in [4.69, 9.17) is 18.9 Å². The summed E-state index contributed by atoms with van der Waals surface area (Å²) in [6, 6.07) is 11.9. The minimum Gasteiger partial charge on any atom is -0.493 e. The summed E-state index contributed by atoms with van der Waals surface area (Å²) < 4.78 is 21.9. The Morgan fingerprint density at radius 3 is 2.32 bits per heavy atom. The van der Waals surface area contributed by atoms with Gasteiger partial charge in [0.15, 0.2) is 18.1 Å². The quantitative estimate of drug-likeness (QED) is 0.375. The number of nitrogens with one attached hydrogen (secondary N) is 1. The van der Waals surface area contributed by atoms with Gasteiger partial charge in [-0.15, -0.1) is 0 Å². The zero-order chi connectivity index (χ0) is 22.6. The molecule has 2 aromatic rings. The van der Waals surface area contributed by atoms with Crippen LogP contribution in [-0.4, -0.2) is 37.3 Å². The Morgan fingerprint density at radius 1 is 1.06 bits per heavy atom. The first-order valence-corrected chi connectivity index (χ1v) is 10.0. The SMILES string of the molecule is COc1cc(C=C2C(=O)OC(C)(C)OC2=O)ccc1OCC(=O)Nc1ccc(Br)cc1. The minimum absolute atomic E-state index is 0.232. The van der Waals surface area contributed by atoms with Gasteiger partial charge in [-0.25, -0.2) is 9.59 Å². The number of cyclic esters (lactones) is 2. The molecule has 0 aromatic heterocycles. The number of rotatable bonds is 6. The average molecular weight is 490 g/mol. The molecule has 1 fully saturated rings. The van der Waals surface area contributed by atoms with Crippen molar-refractivity contribution in [1.29, 1.82) is 0 Å². The molecule has 1 aliphatic heterocycles. The molecule has 0 saturated carbocycles. The van der Waals surface area contributed by atoms with Gasteiger partial charge >= 0.3 is 11.9 Å². The highest BCUT2D eigenvalue weighted by atomic mass is 79.9. The maximum absolute atomic E-state index is 12.1. The summed E-state index contributed by atoms with van der Waals surface area (Å²) in [6.07, 6.45) is 1.34. The van der Waals surface area contributed by atoms with Crippen LogP contribution in [0.25, 0.3) is 6.08 Å². The fraction of sp³-hybridized carbons (Fsp3) is 0.227. The largest absolute Gasteiger partial charge is 0.493 e. The molecule has 31 heavy (non-hydrogen) atoms. The second-order valence-electron chi connectivity index (χ2n) is 6.99. The topological polar surface area (TPSA) is 100 Å². The molecule has 1 aliphatic rings. The smallest absolute Gasteiger partial charge is 0.348 e. The second-order valence-corrected chi connectivity index (χ2v) is 7.91. The lowest BCUT2D eigenvalue weighted by atomic mass is 10.1. The van der Waals surface area contributed by atoms with Gasteiger partial charge in [0.1, 0.15) is 5.57 Å². The molecule has 1 amide bonds.